The Hall–Kier alpha value is -1.79. The van der Waals surface area contributed by atoms with Gasteiger partial charge in [0.2, 0.25) is 0 Å². The van der Waals surface area contributed by atoms with Gasteiger partial charge in [-0.1, -0.05) is 12.1 Å². The maximum atomic E-state index is 5.61. The van der Waals surface area contributed by atoms with E-state index in [1.54, 1.807) is 0 Å². The predicted molar refractivity (Wildman–Crippen MR) is 122 cm³/mol. The van der Waals surface area contributed by atoms with Crippen molar-refractivity contribution in [1.82, 2.24) is 15.1 Å². The average molecular weight is 402 g/mol. The van der Waals surface area contributed by atoms with Gasteiger partial charge in [0.25, 0.3) is 0 Å². The summed E-state index contributed by atoms with van der Waals surface area (Å²) < 4.78 is 5.61. The highest BCUT2D eigenvalue weighted by atomic mass is 16.5. The second-order valence-electron chi connectivity index (χ2n) is 8.59. The lowest BCUT2D eigenvalue weighted by atomic mass is 9.89. The van der Waals surface area contributed by atoms with Crippen LogP contribution in [-0.2, 0) is 4.74 Å². The van der Waals surface area contributed by atoms with Crippen LogP contribution < -0.4 is 10.2 Å². The summed E-state index contributed by atoms with van der Waals surface area (Å²) in [6, 6.07) is 6.62. The van der Waals surface area contributed by atoms with Crippen molar-refractivity contribution in [3.05, 3.63) is 29.3 Å². The van der Waals surface area contributed by atoms with Crippen LogP contribution in [0.4, 0.5) is 5.69 Å². The number of nitrogens with one attached hydrogen (secondary N) is 1. The van der Waals surface area contributed by atoms with E-state index in [9.17, 15) is 0 Å². The van der Waals surface area contributed by atoms with Gasteiger partial charge in [0, 0.05) is 57.2 Å². The number of hydrogen-bond acceptors (Lipinski definition) is 4. The molecule has 0 unspecified atom stereocenters. The first-order chi connectivity index (χ1) is 14.0. The van der Waals surface area contributed by atoms with Crippen LogP contribution in [0.25, 0.3) is 0 Å². The van der Waals surface area contributed by atoms with E-state index in [2.05, 4.69) is 73.1 Å². The molecule has 0 saturated carbocycles. The zero-order chi connectivity index (χ0) is 20.9. The van der Waals surface area contributed by atoms with Crippen molar-refractivity contribution in [2.24, 2.45) is 4.99 Å². The first kappa shape index (κ1) is 21.9. The Kier molecular flexibility index (Phi) is 7.41. The van der Waals surface area contributed by atoms with Gasteiger partial charge in [-0.3, -0.25) is 4.99 Å². The average Bonchev–Trinajstić information content (AvgIpc) is 2.74. The van der Waals surface area contributed by atoms with Gasteiger partial charge in [-0.25, -0.2) is 0 Å². The third-order valence-electron chi connectivity index (χ3n) is 6.73. The molecule has 0 amide bonds. The molecule has 29 heavy (non-hydrogen) atoms. The SMILES string of the molecule is CCNC(=NCC1(N(C)C)CCOCC1)N1CCN(c2cccc(C)c2C)CC1. The fourth-order valence-corrected chi connectivity index (χ4v) is 4.38. The summed E-state index contributed by atoms with van der Waals surface area (Å²) >= 11 is 0. The number of ether oxygens (including phenoxy) is 1. The number of benzene rings is 1. The van der Waals surface area contributed by atoms with Gasteiger partial charge in [0.15, 0.2) is 5.96 Å². The first-order valence-corrected chi connectivity index (χ1v) is 11.1. The molecule has 0 radical (unpaired) electrons. The summed E-state index contributed by atoms with van der Waals surface area (Å²) in [5.74, 6) is 1.06. The Bertz CT molecular complexity index is 689. The van der Waals surface area contributed by atoms with E-state index >= 15 is 0 Å². The number of anilines is 1. The molecule has 0 aliphatic carbocycles. The Morgan fingerprint density at radius 2 is 1.83 bits per heavy atom. The Balaban J connectivity index is 1.67. The van der Waals surface area contributed by atoms with Gasteiger partial charge >= 0.3 is 0 Å². The van der Waals surface area contributed by atoms with E-state index < -0.39 is 0 Å². The Labute approximate surface area is 176 Å². The summed E-state index contributed by atoms with van der Waals surface area (Å²) in [6.45, 7) is 14.0. The Morgan fingerprint density at radius 3 is 2.45 bits per heavy atom. The quantitative estimate of drug-likeness (QED) is 0.607. The number of guanidine groups is 1. The molecule has 0 spiro atoms. The molecule has 1 N–H and O–H groups in total. The number of rotatable bonds is 5. The minimum atomic E-state index is 0.111. The van der Waals surface area contributed by atoms with Crippen LogP contribution in [-0.4, -0.2) is 87.9 Å². The van der Waals surface area contributed by atoms with E-state index in [0.717, 1.165) is 71.3 Å². The van der Waals surface area contributed by atoms with E-state index in [1.807, 2.05) is 0 Å². The highest BCUT2D eigenvalue weighted by molar-refractivity contribution is 5.80. The minimum absolute atomic E-state index is 0.111. The van der Waals surface area contributed by atoms with Crippen LogP contribution >= 0.6 is 0 Å². The fourth-order valence-electron chi connectivity index (χ4n) is 4.38. The van der Waals surface area contributed by atoms with Gasteiger partial charge in [0.05, 0.1) is 6.54 Å². The summed E-state index contributed by atoms with van der Waals surface area (Å²) in [5.41, 5.74) is 4.25. The van der Waals surface area contributed by atoms with Crippen LogP contribution in [0.1, 0.15) is 30.9 Å². The maximum absolute atomic E-state index is 5.61. The molecule has 3 rings (SSSR count). The second-order valence-corrected chi connectivity index (χ2v) is 8.59. The summed E-state index contributed by atoms with van der Waals surface area (Å²) in [7, 11) is 4.35. The van der Waals surface area contributed by atoms with Crippen molar-refractivity contribution in [3.8, 4) is 0 Å². The molecule has 2 heterocycles. The Morgan fingerprint density at radius 1 is 1.14 bits per heavy atom. The number of aryl methyl sites for hydroxylation is 1. The third-order valence-corrected chi connectivity index (χ3v) is 6.73. The molecule has 2 saturated heterocycles. The molecule has 0 bridgehead atoms. The highest BCUT2D eigenvalue weighted by Crippen LogP contribution is 2.27. The van der Waals surface area contributed by atoms with Gasteiger partial charge < -0.3 is 24.8 Å². The summed E-state index contributed by atoms with van der Waals surface area (Å²) in [4.78, 5) is 12.4. The second kappa shape index (κ2) is 9.81. The molecule has 2 aliphatic heterocycles. The predicted octanol–water partition coefficient (Wildman–Crippen LogP) is 2.50. The lowest BCUT2D eigenvalue weighted by Gasteiger charge is -2.42. The summed E-state index contributed by atoms with van der Waals surface area (Å²) in [6.07, 6.45) is 2.09. The molecular weight excluding hydrogens is 362 g/mol. The molecule has 2 aliphatic rings. The van der Waals surface area contributed by atoms with E-state index in [1.165, 1.54) is 16.8 Å². The smallest absolute Gasteiger partial charge is 0.194 e. The zero-order valence-electron chi connectivity index (χ0n) is 19.0. The molecule has 0 atom stereocenters. The van der Waals surface area contributed by atoms with Crippen LogP contribution in [0.3, 0.4) is 0 Å². The number of nitrogens with zero attached hydrogens (tertiary/aromatic N) is 4. The van der Waals surface area contributed by atoms with Crippen molar-refractivity contribution in [2.45, 2.75) is 39.2 Å². The van der Waals surface area contributed by atoms with Crippen molar-refractivity contribution >= 4 is 11.6 Å². The van der Waals surface area contributed by atoms with Gasteiger partial charge in [0.1, 0.15) is 0 Å². The molecule has 0 aromatic heterocycles. The van der Waals surface area contributed by atoms with Gasteiger partial charge in [-0.05, 0) is 64.9 Å². The molecule has 162 valence electrons. The van der Waals surface area contributed by atoms with Crippen LogP contribution in [0, 0.1) is 13.8 Å². The van der Waals surface area contributed by atoms with E-state index in [4.69, 9.17) is 9.73 Å². The van der Waals surface area contributed by atoms with Crippen molar-refractivity contribution < 1.29 is 4.74 Å². The number of hydrogen-bond donors (Lipinski definition) is 1. The molecule has 6 heteroatoms. The fraction of sp³-hybridized carbons (Fsp3) is 0.696. The van der Waals surface area contributed by atoms with E-state index in [0.29, 0.717) is 0 Å². The van der Waals surface area contributed by atoms with Crippen LogP contribution in [0.15, 0.2) is 23.2 Å². The molecule has 2 fully saturated rings. The monoisotopic (exact) mass is 401 g/mol. The van der Waals surface area contributed by atoms with Crippen molar-refractivity contribution in [2.75, 3.05) is 71.5 Å². The lowest BCUT2D eigenvalue weighted by molar-refractivity contribution is -0.00264. The lowest BCUT2D eigenvalue weighted by Crippen LogP contribution is -2.54. The van der Waals surface area contributed by atoms with Gasteiger partial charge in [-0.15, -0.1) is 0 Å². The largest absolute Gasteiger partial charge is 0.381 e. The van der Waals surface area contributed by atoms with Crippen LogP contribution in [0.2, 0.25) is 0 Å². The molecular formula is C23H39N5O. The van der Waals surface area contributed by atoms with Crippen LogP contribution in [0.5, 0.6) is 0 Å². The van der Waals surface area contributed by atoms with Gasteiger partial charge in [-0.2, -0.15) is 0 Å². The standard InChI is InChI=1S/C23H39N5O/c1-6-24-22(25-18-23(26(4)5)10-16-29-17-11-23)28-14-12-27(13-15-28)21-9-7-8-19(2)20(21)3/h7-9H,6,10-18H2,1-5H3,(H,24,25). The number of likely N-dealkylation sites (N-methyl/N-ethyl adjacent to an activating group) is 1. The van der Waals surface area contributed by atoms with Crippen molar-refractivity contribution in [1.29, 1.82) is 0 Å². The van der Waals surface area contributed by atoms with Crippen molar-refractivity contribution in [3.63, 3.8) is 0 Å². The maximum Gasteiger partial charge on any atom is 0.194 e. The number of aliphatic imine (C=N–C) groups is 1. The first-order valence-electron chi connectivity index (χ1n) is 11.1. The normalized spacial score (nSPS) is 20.3. The summed E-state index contributed by atoms with van der Waals surface area (Å²) in [5, 5.41) is 3.53. The topological polar surface area (TPSA) is 43.3 Å². The molecule has 1 aromatic carbocycles. The molecule has 1 aromatic rings. The minimum Gasteiger partial charge on any atom is -0.381 e. The third kappa shape index (κ3) is 5.04. The highest BCUT2D eigenvalue weighted by Gasteiger charge is 2.35. The molecule has 6 nitrogen and oxygen atoms in total. The number of piperazine rings is 1. The zero-order valence-corrected chi connectivity index (χ0v) is 19.0. The van der Waals surface area contributed by atoms with E-state index in [-0.39, 0.29) is 5.54 Å².